The van der Waals surface area contributed by atoms with Gasteiger partial charge < -0.3 is 4.90 Å². The Bertz CT molecular complexity index is 894. The maximum Gasteiger partial charge on any atom is 0.146 e. The second kappa shape index (κ2) is 6.68. The van der Waals surface area contributed by atoms with E-state index in [1.165, 1.54) is 24.5 Å². The number of pyridine rings is 1. The molecule has 1 aromatic carbocycles. The number of hydrogen-bond donors (Lipinski definition) is 0. The molecule has 0 radical (unpaired) electrons. The Balaban J connectivity index is 1.49. The van der Waals surface area contributed by atoms with Gasteiger partial charge >= 0.3 is 0 Å². The van der Waals surface area contributed by atoms with Gasteiger partial charge in [0.05, 0.1) is 11.2 Å². The lowest BCUT2D eigenvalue weighted by Crippen LogP contribution is -2.46. The van der Waals surface area contributed by atoms with Crippen molar-refractivity contribution in [1.29, 1.82) is 0 Å². The molecule has 5 nitrogen and oxygen atoms in total. The molecular formula is C18H17F2N5. The molecule has 1 fully saturated rings. The molecule has 0 amide bonds. The first-order valence-electron chi connectivity index (χ1n) is 8.18. The normalized spacial score (nSPS) is 15.7. The maximum absolute atomic E-state index is 13.7. The quantitative estimate of drug-likeness (QED) is 0.733. The molecule has 0 saturated carbocycles. The molecule has 3 aromatic rings. The second-order valence-corrected chi connectivity index (χ2v) is 6.05. The van der Waals surface area contributed by atoms with Crippen molar-refractivity contribution in [3.8, 4) is 0 Å². The van der Waals surface area contributed by atoms with Crippen molar-refractivity contribution in [2.24, 2.45) is 0 Å². The van der Waals surface area contributed by atoms with Gasteiger partial charge in [0.15, 0.2) is 0 Å². The number of halogens is 2. The Morgan fingerprint density at radius 1 is 0.960 bits per heavy atom. The summed E-state index contributed by atoms with van der Waals surface area (Å²) in [5.74, 6) is 0.170. The Hall–Kier alpha value is -2.67. The van der Waals surface area contributed by atoms with Gasteiger partial charge in [0.1, 0.15) is 23.8 Å². The topological polar surface area (TPSA) is 45.2 Å². The highest BCUT2D eigenvalue weighted by Crippen LogP contribution is 2.25. The molecule has 2 aromatic heterocycles. The lowest BCUT2D eigenvalue weighted by molar-refractivity contribution is 0.243. The molecule has 1 aliphatic rings. The monoisotopic (exact) mass is 341 g/mol. The Morgan fingerprint density at radius 3 is 2.60 bits per heavy atom. The molecule has 0 spiro atoms. The fourth-order valence-electron chi connectivity index (χ4n) is 3.13. The average Bonchev–Trinajstić information content (AvgIpc) is 2.64. The van der Waals surface area contributed by atoms with E-state index in [9.17, 15) is 8.78 Å². The van der Waals surface area contributed by atoms with Crippen LogP contribution in [-0.4, -0.2) is 46.0 Å². The van der Waals surface area contributed by atoms with Gasteiger partial charge in [-0.25, -0.2) is 18.7 Å². The smallest absolute Gasteiger partial charge is 0.146 e. The minimum Gasteiger partial charge on any atom is -0.353 e. The van der Waals surface area contributed by atoms with Crippen LogP contribution in [0.25, 0.3) is 10.9 Å². The second-order valence-electron chi connectivity index (χ2n) is 6.05. The van der Waals surface area contributed by atoms with Crippen LogP contribution in [0.2, 0.25) is 0 Å². The predicted octanol–water partition coefficient (Wildman–Crippen LogP) is 2.63. The molecular weight excluding hydrogens is 324 g/mol. The van der Waals surface area contributed by atoms with E-state index in [-0.39, 0.29) is 11.6 Å². The van der Waals surface area contributed by atoms with Crippen molar-refractivity contribution < 1.29 is 8.78 Å². The molecule has 7 heteroatoms. The summed E-state index contributed by atoms with van der Waals surface area (Å²) in [4.78, 5) is 16.9. The Kier molecular flexibility index (Phi) is 4.23. The number of aromatic nitrogens is 3. The molecule has 0 bridgehead atoms. The van der Waals surface area contributed by atoms with E-state index in [0.717, 1.165) is 37.5 Å². The van der Waals surface area contributed by atoms with Gasteiger partial charge in [-0.2, -0.15) is 0 Å². The fourth-order valence-corrected chi connectivity index (χ4v) is 3.13. The van der Waals surface area contributed by atoms with Crippen LogP contribution >= 0.6 is 0 Å². The standard InChI is InChI=1S/C18H17F2N5/c19-13-3-4-16-14(10-13)18(23-12-22-16)25-8-6-24(7-9-25)11-17-15(20)2-1-5-21-17/h1-5,10,12H,6-9,11H2. The van der Waals surface area contributed by atoms with E-state index in [1.807, 2.05) is 0 Å². The van der Waals surface area contributed by atoms with Crippen molar-refractivity contribution in [3.05, 3.63) is 60.2 Å². The van der Waals surface area contributed by atoms with Crippen molar-refractivity contribution in [1.82, 2.24) is 19.9 Å². The van der Waals surface area contributed by atoms with Crippen LogP contribution in [0.4, 0.5) is 14.6 Å². The lowest BCUT2D eigenvalue weighted by atomic mass is 10.2. The van der Waals surface area contributed by atoms with Crippen LogP contribution < -0.4 is 4.90 Å². The third kappa shape index (κ3) is 3.28. The summed E-state index contributed by atoms with van der Waals surface area (Å²) in [5, 5.41) is 0.715. The Morgan fingerprint density at radius 2 is 1.80 bits per heavy atom. The molecule has 1 aliphatic heterocycles. The highest BCUT2D eigenvalue weighted by molar-refractivity contribution is 5.89. The molecule has 0 aliphatic carbocycles. The molecule has 4 rings (SSSR count). The first-order chi connectivity index (χ1) is 12.2. The van der Waals surface area contributed by atoms with E-state index < -0.39 is 0 Å². The molecule has 1 saturated heterocycles. The van der Waals surface area contributed by atoms with E-state index in [2.05, 4.69) is 24.8 Å². The number of benzene rings is 1. The van der Waals surface area contributed by atoms with Gasteiger partial charge in [-0.1, -0.05) is 0 Å². The molecule has 0 atom stereocenters. The van der Waals surface area contributed by atoms with Gasteiger partial charge in [-0.15, -0.1) is 0 Å². The summed E-state index contributed by atoms with van der Waals surface area (Å²) in [6.07, 6.45) is 3.11. The third-order valence-corrected chi connectivity index (χ3v) is 4.46. The maximum atomic E-state index is 13.7. The first kappa shape index (κ1) is 15.8. The molecule has 25 heavy (non-hydrogen) atoms. The van der Waals surface area contributed by atoms with Crippen LogP contribution in [0.15, 0.2) is 42.9 Å². The van der Waals surface area contributed by atoms with E-state index in [0.29, 0.717) is 17.6 Å². The van der Waals surface area contributed by atoms with Crippen molar-refractivity contribution in [2.45, 2.75) is 6.54 Å². The SMILES string of the molecule is Fc1ccc2ncnc(N3CCN(Cc4ncccc4F)CC3)c2c1. The van der Waals surface area contributed by atoms with Gasteiger partial charge in [-0.05, 0) is 30.3 Å². The van der Waals surface area contributed by atoms with Crippen LogP contribution in [0.3, 0.4) is 0 Å². The van der Waals surface area contributed by atoms with Gasteiger partial charge in [0.2, 0.25) is 0 Å². The predicted molar refractivity (Wildman–Crippen MR) is 91.2 cm³/mol. The zero-order valence-electron chi connectivity index (χ0n) is 13.6. The largest absolute Gasteiger partial charge is 0.353 e. The highest BCUT2D eigenvalue weighted by Gasteiger charge is 2.21. The lowest BCUT2D eigenvalue weighted by Gasteiger charge is -2.35. The van der Waals surface area contributed by atoms with Gasteiger partial charge in [-0.3, -0.25) is 9.88 Å². The van der Waals surface area contributed by atoms with E-state index in [1.54, 1.807) is 18.3 Å². The zero-order chi connectivity index (χ0) is 17.2. The van der Waals surface area contributed by atoms with Crippen molar-refractivity contribution >= 4 is 16.7 Å². The first-order valence-corrected chi connectivity index (χ1v) is 8.18. The van der Waals surface area contributed by atoms with Crippen molar-refractivity contribution in [2.75, 3.05) is 31.1 Å². The molecule has 0 unspecified atom stereocenters. The summed E-state index contributed by atoms with van der Waals surface area (Å²) in [7, 11) is 0. The fraction of sp³-hybridized carbons (Fsp3) is 0.278. The van der Waals surface area contributed by atoms with Crippen molar-refractivity contribution in [3.63, 3.8) is 0 Å². The molecule has 3 heterocycles. The van der Waals surface area contributed by atoms with Crippen LogP contribution in [0.1, 0.15) is 5.69 Å². The highest BCUT2D eigenvalue weighted by atomic mass is 19.1. The molecule has 128 valence electrons. The number of anilines is 1. The zero-order valence-corrected chi connectivity index (χ0v) is 13.6. The third-order valence-electron chi connectivity index (χ3n) is 4.46. The number of piperazine rings is 1. The number of nitrogens with zero attached hydrogens (tertiary/aromatic N) is 5. The summed E-state index contributed by atoms with van der Waals surface area (Å²) in [6, 6.07) is 7.56. The van der Waals surface area contributed by atoms with Crippen LogP contribution in [0, 0.1) is 11.6 Å². The number of rotatable bonds is 3. The number of fused-ring (bicyclic) bond motifs is 1. The Labute approximate surface area is 143 Å². The summed E-state index contributed by atoms with van der Waals surface area (Å²) < 4.78 is 27.3. The van der Waals surface area contributed by atoms with E-state index in [4.69, 9.17) is 0 Å². The van der Waals surface area contributed by atoms with Crippen LogP contribution in [0.5, 0.6) is 0 Å². The van der Waals surface area contributed by atoms with Gasteiger partial charge in [0, 0.05) is 44.3 Å². The summed E-state index contributed by atoms with van der Waals surface area (Å²) in [5.41, 5.74) is 1.19. The minimum atomic E-state index is -0.298. The molecule has 0 N–H and O–H groups in total. The average molecular weight is 341 g/mol. The number of hydrogen-bond acceptors (Lipinski definition) is 5. The van der Waals surface area contributed by atoms with Gasteiger partial charge in [0.25, 0.3) is 0 Å². The van der Waals surface area contributed by atoms with Crippen LogP contribution in [-0.2, 0) is 6.54 Å². The van der Waals surface area contributed by atoms with E-state index >= 15 is 0 Å². The summed E-state index contributed by atoms with van der Waals surface area (Å²) >= 11 is 0. The minimum absolute atomic E-state index is 0.276. The summed E-state index contributed by atoms with van der Waals surface area (Å²) in [6.45, 7) is 3.47.